The molecule has 2 aromatic rings. The molecule has 2 amide bonds. The van der Waals surface area contributed by atoms with Crippen molar-refractivity contribution in [3.63, 3.8) is 0 Å². The van der Waals surface area contributed by atoms with Gasteiger partial charge in [0, 0.05) is 17.0 Å². The van der Waals surface area contributed by atoms with Gasteiger partial charge in [-0.3, -0.25) is 9.59 Å². The van der Waals surface area contributed by atoms with Crippen LogP contribution in [-0.2, 0) is 9.59 Å². The highest BCUT2D eigenvalue weighted by Crippen LogP contribution is 2.34. The van der Waals surface area contributed by atoms with Gasteiger partial charge in [-0.2, -0.15) is 0 Å². The van der Waals surface area contributed by atoms with E-state index < -0.39 is 0 Å². The molecule has 4 nitrogen and oxygen atoms in total. The van der Waals surface area contributed by atoms with E-state index in [0.717, 1.165) is 16.0 Å². The van der Waals surface area contributed by atoms with Crippen molar-refractivity contribution in [1.82, 2.24) is 0 Å². The first-order valence-corrected chi connectivity index (χ1v) is 8.30. The maximum absolute atomic E-state index is 12.6. The Hall–Kier alpha value is -2.27. The summed E-state index contributed by atoms with van der Waals surface area (Å²) in [5, 5.41) is -0.382. The monoisotopic (exact) mass is 326 g/mol. The van der Waals surface area contributed by atoms with Crippen molar-refractivity contribution >= 4 is 35.0 Å². The summed E-state index contributed by atoms with van der Waals surface area (Å²) in [4.78, 5) is 27.2. The molecule has 0 saturated carbocycles. The predicted octanol–water partition coefficient (Wildman–Crippen LogP) is 3.31. The second-order valence-corrected chi connectivity index (χ2v) is 6.99. The van der Waals surface area contributed by atoms with Crippen LogP contribution in [0.2, 0.25) is 0 Å². The third-order valence-corrected chi connectivity index (χ3v) is 5.21. The summed E-state index contributed by atoms with van der Waals surface area (Å²) in [6.45, 7) is 3.98. The molecule has 1 atom stereocenters. The highest BCUT2D eigenvalue weighted by molar-refractivity contribution is 8.00. The number of anilines is 2. The lowest BCUT2D eigenvalue weighted by atomic mass is 10.1. The molecular formula is C18H18N2O2S. The summed E-state index contributed by atoms with van der Waals surface area (Å²) in [6, 6.07) is 13.0. The zero-order chi connectivity index (χ0) is 16.6. The average Bonchev–Trinajstić information content (AvgIpc) is 2.79. The number of nitrogens with zero attached hydrogens (tertiary/aromatic N) is 1. The van der Waals surface area contributed by atoms with Gasteiger partial charge in [0.1, 0.15) is 0 Å². The zero-order valence-corrected chi connectivity index (χ0v) is 13.9. The first-order valence-electron chi connectivity index (χ1n) is 7.42. The smallest absolute Gasteiger partial charge is 0.247 e. The molecule has 1 heterocycles. The van der Waals surface area contributed by atoms with Gasteiger partial charge in [0.2, 0.25) is 11.8 Å². The van der Waals surface area contributed by atoms with Gasteiger partial charge in [-0.25, -0.2) is 4.90 Å². The Morgan fingerprint density at radius 3 is 2.39 bits per heavy atom. The van der Waals surface area contributed by atoms with E-state index in [-0.39, 0.29) is 23.5 Å². The molecule has 0 aromatic heterocycles. The van der Waals surface area contributed by atoms with Crippen molar-refractivity contribution in [3.05, 3.63) is 53.6 Å². The summed E-state index contributed by atoms with van der Waals surface area (Å²) in [5.41, 5.74) is 9.21. The lowest BCUT2D eigenvalue weighted by Gasteiger charge is -2.16. The normalized spacial score (nSPS) is 17.8. The van der Waals surface area contributed by atoms with Crippen LogP contribution in [0.15, 0.2) is 47.4 Å². The van der Waals surface area contributed by atoms with Crippen LogP contribution in [0.1, 0.15) is 17.5 Å². The molecule has 2 aromatic carbocycles. The quantitative estimate of drug-likeness (QED) is 0.694. The molecule has 23 heavy (non-hydrogen) atoms. The van der Waals surface area contributed by atoms with E-state index in [1.165, 1.54) is 16.7 Å². The molecule has 0 aliphatic carbocycles. The molecule has 1 unspecified atom stereocenters. The largest absolute Gasteiger partial charge is 0.399 e. The van der Waals surface area contributed by atoms with Crippen molar-refractivity contribution in [2.45, 2.75) is 30.4 Å². The van der Waals surface area contributed by atoms with E-state index >= 15 is 0 Å². The first-order chi connectivity index (χ1) is 11.0. The number of carbonyl (C=O) groups is 2. The molecule has 2 N–H and O–H groups in total. The van der Waals surface area contributed by atoms with Crippen LogP contribution in [-0.4, -0.2) is 17.1 Å². The zero-order valence-electron chi connectivity index (χ0n) is 13.1. The van der Waals surface area contributed by atoms with Crippen molar-refractivity contribution < 1.29 is 9.59 Å². The topological polar surface area (TPSA) is 63.4 Å². The van der Waals surface area contributed by atoms with Crippen LogP contribution in [0.3, 0.4) is 0 Å². The van der Waals surface area contributed by atoms with Crippen LogP contribution in [0.5, 0.6) is 0 Å². The predicted molar refractivity (Wildman–Crippen MR) is 93.5 cm³/mol. The number of thioether (sulfide) groups is 1. The fourth-order valence-corrected chi connectivity index (χ4v) is 3.60. The number of nitrogen functional groups attached to an aromatic ring is 1. The lowest BCUT2D eigenvalue weighted by Crippen LogP contribution is -2.31. The molecule has 0 radical (unpaired) electrons. The van der Waals surface area contributed by atoms with E-state index in [1.807, 2.05) is 44.2 Å². The first kappa shape index (κ1) is 15.6. The Morgan fingerprint density at radius 2 is 1.74 bits per heavy atom. The molecule has 1 fully saturated rings. The molecule has 1 saturated heterocycles. The van der Waals surface area contributed by atoms with Gasteiger partial charge in [-0.1, -0.05) is 6.07 Å². The molecular weight excluding hydrogens is 308 g/mol. The van der Waals surface area contributed by atoms with Crippen LogP contribution >= 0.6 is 11.8 Å². The fraction of sp³-hybridized carbons (Fsp3) is 0.222. The summed E-state index contributed by atoms with van der Waals surface area (Å²) >= 11 is 1.41. The fourth-order valence-electron chi connectivity index (χ4n) is 2.54. The number of hydrogen-bond donors (Lipinski definition) is 1. The molecule has 0 bridgehead atoms. The van der Waals surface area contributed by atoms with E-state index in [4.69, 9.17) is 5.73 Å². The minimum atomic E-state index is -0.382. The maximum atomic E-state index is 12.6. The van der Waals surface area contributed by atoms with Crippen LogP contribution in [0.25, 0.3) is 0 Å². The molecule has 0 spiro atoms. The van der Waals surface area contributed by atoms with E-state index in [1.54, 1.807) is 12.1 Å². The lowest BCUT2D eigenvalue weighted by molar-refractivity contribution is -0.121. The highest BCUT2D eigenvalue weighted by atomic mass is 32.2. The number of carbonyl (C=O) groups excluding carboxylic acids is 2. The number of benzene rings is 2. The number of amides is 2. The minimum absolute atomic E-state index is 0.147. The number of nitrogens with two attached hydrogens (primary N) is 1. The second kappa shape index (κ2) is 6.08. The second-order valence-electron chi connectivity index (χ2n) is 5.72. The van der Waals surface area contributed by atoms with Crippen molar-refractivity contribution in [1.29, 1.82) is 0 Å². The van der Waals surface area contributed by atoms with Crippen LogP contribution in [0.4, 0.5) is 11.4 Å². The highest BCUT2D eigenvalue weighted by Gasteiger charge is 2.40. The Bertz CT molecular complexity index is 771. The van der Waals surface area contributed by atoms with E-state index in [0.29, 0.717) is 11.4 Å². The maximum Gasteiger partial charge on any atom is 0.247 e. The summed E-state index contributed by atoms with van der Waals surface area (Å²) in [7, 11) is 0. The van der Waals surface area contributed by atoms with Gasteiger partial charge < -0.3 is 5.73 Å². The Morgan fingerprint density at radius 1 is 1.04 bits per heavy atom. The van der Waals surface area contributed by atoms with Crippen molar-refractivity contribution in [3.8, 4) is 0 Å². The van der Waals surface area contributed by atoms with E-state index in [9.17, 15) is 9.59 Å². The molecule has 1 aliphatic rings. The van der Waals surface area contributed by atoms with Crippen molar-refractivity contribution in [2.75, 3.05) is 10.6 Å². The number of aryl methyl sites for hydroxylation is 2. The van der Waals surface area contributed by atoms with Gasteiger partial charge in [0.05, 0.1) is 10.9 Å². The average molecular weight is 326 g/mol. The summed E-state index contributed by atoms with van der Waals surface area (Å²) in [6.07, 6.45) is 0.223. The minimum Gasteiger partial charge on any atom is -0.399 e. The number of imide groups is 1. The van der Waals surface area contributed by atoms with E-state index in [2.05, 4.69) is 0 Å². The Balaban J connectivity index is 1.82. The Kier molecular flexibility index (Phi) is 4.13. The van der Waals surface area contributed by atoms with Gasteiger partial charge in [0.25, 0.3) is 0 Å². The molecule has 5 heteroatoms. The third-order valence-electron chi connectivity index (χ3n) is 4.01. The molecule has 118 valence electrons. The third kappa shape index (κ3) is 3.10. The van der Waals surface area contributed by atoms with Gasteiger partial charge in [0.15, 0.2) is 0 Å². The van der Waals surface area contributed by atoms with Gasteiger partial charge >= 0.3 is 0 Å². The van der Waals surface area contributed by atoms with Crippen LogP contribution < -0.4 is 10.6 Å². The standard InChI is InChI=1S/C18H18N2O2S/c1-11-3-6-14(9-12(11)2)20-17(21)10-16(18(20)22)23-15-7-4-13(19)5-8-15/h3-9,16H,10,19H2,1-2H3. The number of rotatable bonds is 3. The van der Waals surface area contributed by atoms with Crippen molar-refractivity contribution in [2.24, 2.45) is 0 Å². The Labute approximate surface area is 139 Å². The number of hydrogen-bond acceptors (Lipinski definition) is 4. The van der Waals surface area contributed by atoms with Gasteiger partial charge in [-0.05, 0) is 61.4 Å². The summed E-state index contributed by atoms with van der Waals surface area (Å²) in [5.74, 6) is -0.300. The van der Waals surface area contributed by atoms with Gasteiger partial charge in [-0.15, -0.1) is 11.8 Å². The molecule has 1 aliphatic heterocycles. The SMILES string of the molecule is Cc1ccc(N2C(=O)CC(Sc3ccc(N)cc3)C2=O)cc1C. The van der Waals surface area contributed by atoms with Crippen LogP contribution in [0, 0.1) is 13.8 Å². The molecule has 3 rings (SSSR count). The summed E-state index contributed by atoms with van der Waals surface area (Å²) < 4.78 is 0.